The van der Waals surface area contributed by atoms with Gasteiger partial charge in [-0.1, -0.05) is 27.7 Å². The Morgan fingerprint density at radius 1 is 1.27 bits per heavy atom. The fraction of sp³-hybridized carbons (Fsp3) is 0.818. The number of amides is 2. The molecule has 0 aromatic heterocycles. The number of carbonyl (C=O) groups is 1. The molecule has 0 aromatic rings. The Hall–Kier alpha value is -1.06. The minimum absolute atomic E-state index is 0.297. The molecular formula is C11H21N3O. The van der Waals surface area contributed by atoms with Gasteiger partial charge in [0.05, 0.1) is 5.54 Å². The van der Waals surface area contributed by atoms with Gasteiger partial charge in [0, 0.05) is 0 Å². The molecule has 0 saturated carbocycles. The molecule has 3 N–H and O–H groups in total. The summed E-state index contributed by atoms with van der Waals surface area (Å²) in [7, 11) is 0. The molecule has 1 aliphatic heterocycles. The average Bonchev–Trinajstić information content (AvgIpc) is 2.22. The molecule has 0 fully saturated rings. The van der Waals surface area contributed by atoms with Gasteiger partial charge in [0.25, 0.3) is 0 Å². The standard InChI is InChI=1S/C11H21N3O/c1-7(2)5-11(6-8(3)4)9(12)13-10(15)14-11/h7-8H,5-6H2,1-4H3,(H3,12,13,14,15). The second-order valence-corrected chi connectivity index (χ2v) is 5.21. The number of rotatable bonds is 4. The van der Waals surface area contributed by atoms with E-state index in [4.69, 9.17) is 5.73 Å². The molecule has 4 nitrogen and oxygen atoms in total. The van der Waals surface area contributed by atoms with Gasteiger partial charge in [0.2, 0.25) is 0 Å². The van der Waals surface area contributed by atoms with Crippen LogP contribution in [0.2, 0.25) is 0 Å². The van der Waals surface area contributed by atoms with Crippen molar-refractivity contribution in [2.45, 2.75) is 46.1 Å². The fourth-order valence-corrected chi connectivity index (χ4v) is 2.30. The van der Waals surface area contributed by atoms with Crippen LogP contribution < -0.4 is 11.1 Å². The summed E-state index contributed by atoms with van der Waals surface area (Å²) < 4.78 is 0. The summed E-state index contributed by atoms with van der Waals surface area (Å²) in [5, 5.41) is 2.91. The molecular weight excluding hydrogens is 190 g/mol. The maximum absolute atomic E-state index is 11.3. The second-order valence-electron chi connectivity index (χ2n) is 5.21. The molecule has 0 spiro atoms. The van der Waals surface area contributed by atoms with Crippen LogP contribution in [0.5, 0.6) is 0 Å². The first-order valence-electron chi connectivity index (χ1n) is 5.52. The highest BCUT2D eigenvalue weighted by atomic mass is 16.2. The summed E-state index contributed by atoms with van der Waals surface area (Å²) in [6, 6.07) is -0.297. The largest absolute Gasteiger partial charge is 0.385 e. The molecule has 86 valence electrons. The van der Waals surface area contributed by atoms with Crippen molar-refractivity contribution in [2.75, 3.05) is 0 Å². The maximum atomic E-state index is 11.3. The number of nitrogens with one attached hydrogen (secondary N) is 1. The summed E-state index contributed by atoms with van der Waals surface area (Å²) >= 11 is 0. The van der Waals surface area contributed by atoms with Gasteiger partial charge < -0.3 is 11.1 Å². The van der Waals surface area contributed by atoms with Gasteiger partial charge in [-0.25, -0.2) is 4.79 Å². The highest BCUT2D eigenvalue weighted by Gasteiger charge is 2.41. The molecule has 0 aliphatic carbocycles. The van der Waals surface area contributed by atoms with Crippen LogP contribution in [-0.4, -0.2) is 17.4 Å². The molecule has 0 atom stereocenters. The van der Waals surface area contributed by atoms with E-state index in [9.17, 15) is 4.79 Å². The summed E-state index contributed by atoms with van der Waals surface area (Å²) in [6.45, 7) is 8.50. The van der Waals surface area contributed by atoms with Crippen molar-refractivity contribution in [3.05, 3.63) is 0 Å². The lowest BCUT2D eigenvalue weighted by Crippen LogP contribution is -2.53. The van der Waals surface area contributed by atoms with Gasteiger partial charge in [-0.05, 0) is 24.7 Å². The van der Waals surface area contributed by atoms with Crippen LogP contribution in [-0.2, 0) is 0 Å². The number of hydrogen-bond donors (Lipinski definition) is 2. The molecule has 0 aromatic carbocycles. The van der Waals surface area contributed by atoms with Crippen LogP contribution in [0.4, 0.5) is 4.79 Å². The highest BCUT2D eigenvalue weighted by molar-refractivity contribution is 6.05. The Morgan fingerprint density at radius 2 is 1.73 bits per heavy atom. The number of urea groups is 1. The number of nitrogens with two attached hydrogens (primary N) is 1. The van der Waals surface area contributed by atoms with E-state index in [0.717, 1.165) is 12.8 Å². The molecule has 1 heterocycles. The van der Waals surface area contributed by atoms with Gasteiger partial charge in [-0.3, -0.25) is 0 Å². The van der Waals surface area contributed by atoms with E-state index in [-0.39, 0.29) is 6.03 Å². The number of aliphatic imine (C=N–C) groups is 1. The van der Waals surface area contributed by atoms with E-state index in [1.165, 1.54) is 0 Å². The summed E-state index contributed by atoms with van der Waals surface area (Å²) in [4.78, 5) is 15.0. The lowest BCUT2D eigenvalue weighted by atomic mass is 9.81. The van der Waals surface area contributed by atoms with E-state index >= 15 is 0 Å². The van der Waals surface area contributed by atoms with E-state index in [2.05, 4.69) is 38.0 Å². The Morgan fingerprint density at radius 3 is 2.00 bits per heavy atom. The fourth-order valence-electron chi connectivity index (χ4n) is 2.30. The van der Waals surface area contributed by atoms with Gasteiger partial charge in [0.15, 0.2) is 0 Å². The van der Waals surface area contributed by atoms with Crippen LogP contribution >= 0.6 is 0 Å². The molecule has 1 aliphatic rings. The normalized spacial score (nSPS) is 19.6. The van der Waals surface area contributed by atoms with Crippen molar-refractivity contribution in [1.82, 2.24) is 5.32 Å². The minimum Gasteiger partial charge on any atom is -0.385 e. The van der Waals surface area contributed by atoms with E-state index in [0.29, 0.717) is 17.7 Å². The molecule has 0 bridgehead atoms. The van der Waals surface area contributed by atoms with Crippen LogP contribution in [0, 0.1) is 11.8 Å². The molecule has 15 heavy (non-hydrogen) atoms. The van der Waals surface area contributed by atoms with Crippen LogP contribution in [0.3, 0.4) is 0 Å². The van der Waals surface area contributed by atoms with Crippen molar-refractivity contribution >= 4 is 11.9 Å². The SMILES string of the molecule is CC(C)CC1(CC(C)C)NC(=O)N=C1N. The van der Waals surface area contributed by atoms with Crippen molar-refractivity contribution in [3.8, 4) is 0 Å². The Bertz CT molecular complexity index is 272. The number of nitrogens with zero attached hydrogens (tertiary/aromatic N) is 1. The lowest BCUT2D eigenvalue weighted by molar-refractivity contribution is 0.238. The summed E-state index contributed by atoms with van der Waals surface area (Å²) in [5.41, 5.74) is 5.46. The first-order valence-corrected chi connectivity index (χ1v) is 5.52. The van der Waals surface area contributed by atoms with E-state index in [1.807, 2.05) is 0 Å². The summed E-state index contributed by atoms with van der Waals surface area (Å²) in [5.74, 6) is 1.42. The predicted octanol–water partition coefficient (Wildman–Crippen LogP) is 1.90. The van der Waals surface area contributed by atoms with Gasteiger partial charge in [0.1, 0.15) is 5.84 Å². The average molecular weight is 211 g/mol. The number of carbonyl (C=O) groups excluding carboxylic acids is 1. The smallest absolute Gasteiger partial charge is 0.343 e. The Balaban J connectivity index is 2.88. The highest BCUT2D eigenvalue weighted by Crippen LogP contribution is 2.28. The predicted molar refractivity (Wildman–Crippen MR) is 61.8 cm³/mol. The molecule has 4 heteroatoms. The lowest BCUT2D eigenvalue weighted by Gasteiger charge is -2.32. The molecule has 0 unspecified atom stereocenters. The van der Waals surface area contributed by atoms with Gasteiger partial charge >= 0.3 is 6.03 Å². The molecule has 2 amide bonds. The van der Waals surface area contributed by atoms with Crippen molar-refractivity contribution < 1.29 is 4.79 Å². The Kier molecular flexibility index (Phi) is 3.37. The molecule has 0 radical (unpaired) electrons. The monoisotopic (exact) mass is 211 g/mol. The topological polar surface area (TPSA) is 67.5 Å². The first kappa shape index (κ1) is 12.0. The third kappa shape index (κ3) is 2.70. The van der Waals surface area contributed by atoms with Gasteiger partial charge in [-0.15, -0.1) is 0 Å². The van der Waals surface area contributed by atoms with E-state index < -0.39 is 5.54 Å². The summed E-state index contributed by atoms with van der Waals surface area (Å²) in [6.07, 6.45) is 1.71. The zero-order valence-corrected chi connectivity index (χ0v) is 10.0. The third-order valence-corrected chi connectivity index (χ3v) is 2.57. The van der Waals surface area contributed by atoms with Crippen LogP contribution in [0.25, 0.3) is 0 Å². The van der Waals surface area contributed by atoms with Crippen LogP contribution in [0.1, 0.15) is 40.5 Å². The number of amidine groups is 1. The van der Waals surface area contributed by atoms with Crippen molar-refractivity contribution in [3.63, 3.8) is 0 Å². The Labute approximate surface area is 91.3 Å². The maximum Gasteiger partial charge on any atom is 0.343 e. The van der Waals surface area contributed by atoms with Crippen LogP contribution in [0.15, 0.2) is 4.99 Å². The minimum atomic E-state index is -0.403. The van der Waals surface area contributed by atoms with Crippen molar-refractivity contribution in [1.29, 1.82) is 0 Å². The third-order valence-electron chi connectivity index (χ3n) is 2.57. The zero-order valence-electron chi connectivity index (χ0n) is 10.0. The van der Waals surface area contributed by atoms with Gasteiger partial charge in [-0.2, -0.15) is 4.99 Å². The zero-order chi connectivity index (χ0) is 11.6. The second kappa shape index (κ2) is 4.21. The van der Waals surface area contributed by atoms with Crippen molar-refractivity contribution in [2.24, 2.45) is 22.6 Å². The number of hydrogen-bond acceptors (Lipinski definition) is 2. The van der Waals surface area contributed by atoms with E-state index in [1.54, 1.807) is 0 Å². The first-order chi connectivity index (χ1) is 6.85. The molecule has 1 rings (SSSR count). The quantitative estimate of drug-likeness (QED) is 0.745. The molecule has 0 saturated heterocycles.